The molecular weight excluding hydrogens is 118 g/mol. The first-order valence-corrected chi connectivity index (χ1v) is 3.03. The van der Waals surface area contributed by atoms with Crippen LogP contribution in [-0.2, 0) is 0 Å². The second-order valence-corrected chi connectivity index (χ2v) is 2.48. The van der Waals surface area contributed by atoms with Crippen LogP contribution in [0.1, 0.15) is 20.8 Å². The molecule has 0 rings (SSSR count). The summed E-state index contributed by atoms with van der Waals surface area (Å²) in [6, 6.07) is 0.0440. The van der Waals surface area contributed by atoms with Gasteiger partial charge in [0, 0.05) is 6.04 Å². The minimum Gasteiger partial charge on any atom is -0.465 e. The molecule has 0 aromatic rings. The van der Waals surface area contributed by atoms with Crippen molar-refractivity contribution in [2.45, 2.75) is 26.8 Å². The average molecular weight is 131 g/mol. The molecule has 0 radical (unpaired) electrons. The van der Waals surface area contributed by atoms with Gasteiger partial charge in [0.2, 0.25) is 0 Å². The maximum Gasteiger partial charge on any atom is 0.404 e. The molecule has 1 atom stereocenters. The molecule has 3 nitrogen and oxygen atoms in total. The van der Waals surface area contributed by atoms with Gasteiger partial charge in [-0.1, -0.05) is 13.8 Å². The molecule has 54 valence electrons. The minimum absolute atomic E-state index is 0.0440. The molecule has 0 aromatic carbocycles. The molecule has 1 amide bonds. The smallest absolute Gasteiger partial charge is 0.404 e. The first-order valence-electron chi connectivity index (χ1n) is 3.03. The number of hydrogen-bond acceptors (Lipinski definition) is 1. The van der Waals surface area contributed by atoms with Crippen LogP contribution in [0.3, 0.4) is 0 Å². The van der Waals surface area contributed by atoms with Crippen molar-refractivity contribution in [3.8, 4) is 0 Å². The Labute approximate surface area is 55.1 Å². The number of nitrogens with one attached hydrogen (secondary N) is 1. The van der Waals surface area contributed by atoms with Crippen molar-refractivity contribution in [1.29, 1.82) is 0 Å². The van der Waals surface area contributed by atoms with Gasteiger partial charge in [0.05, 0.1) is 0 Å². The van der Waals surface area contributed by atoms with Crippen LogP contribution in [0.5, 0.6) is 0 Å². The summed E-state index contributed by atoms with van der Waals surface area (Å²) < 4.78 is 0. The van der Waals surface area contributed by atoms with Crippen LogP contribution < -0.4 is 5.32 Å². The second kappa shape index (κ2) is 3.33. The summed E-state index contributed by atoms with van der Waals surface area (Å²) in [4.78, 5) is 10.0. The number of rotatable bonds is 2. The van der Waals surface area contributed by atoms with E-state index in [0.717, 1.165) is 0 Å². The van der Waals surface area contributed by atoms with E-state index in [2.05, 4.69) is 5.32 Å². The zero-order valence-corrected chi connectivity index (χ0v) is 6.01. The molecule has 9 heavy (non-hydrogen) atoms. The molecule has 0 saturated heterocycles. The maximum atomic E-state index is 10.0. The molecular formula is C6H13NO2. The average Bonchev–Trinajstić information content (AvgIpc) is 1.63. The van der Waals surface area contributed by atoms with E-state index in [-0.39, 0.29) is 6.04 Å². The Bertz CT molecular complexity index is 101. The third kappa shape index (κ3) is 3.82. The van der Waals surface area contributed by atoms with Crippen LogP contribution in [0.4, 0.5) is 4.79 Å². The fourth-order valence-electron chi connectivity index (χ4n) is 0.361. The van der Waals surface area contributed by atoms with Crippen molar-refractivity contribution in [2.24, 2.45) is 5.92 Å². The summed E-state index contributed by atoms with van der Waals surface area (Å²) in [7, 11) is 0. The largest absolute Gasteiger partial charge is 0.465 e. The van der Waals surface area contributed by atoms with E-state index in [1.54, 1.807) is 0 Å². The number of hydrogen-bond donors (Lipinski definition) is 2. The Balaban J connectivity index is 3.50. The second-order valence-electron chi connectivity index (χ2n) is 2.48. The Morgan fingerprint density at radius 1 is 1.44 bits per heavy atom. The molecule has 0 aliphatic carbocycles. The molecule has 0 fully saturated rings. The zero-order chi connectivity index (χ0) is 7.44. The van der Waals surface area contributed by atoms with Crippen molar-refractivity contribution in [1.82, 2.24) is 5.32 Å². The Morgan fingerprint density at radius 2 is 1.89 bits per heavy atom. The summed E-state index contributed by atoms with van der Waals surface area (Å²) >= 11 is 0. The van der Waals surface area contributed by atoms with Crippen molar-refractivity contribution < 1.29 is 9.90 Å². The molecule has 3 heteroatoms. The van der Waals surface area contributed by atoms with Gasteiger partial charge in [0.1, 0.15) is 0 Å². The predicted molar refractivity (Wildman–Crippen MR) is 35.5 cm³/mol. The van der Waals surface area contributed by atoms with Gasteiger partial charge >= 0.3 is 6.09 Å². The first-order chi connectivity index (χ1) is 4.04. The van der Waals surface area contributed by atoms with Crippen LogP contribution in [0.15, 0.2) is 0 Å². The molecule has 0 unspecified atom stereocenters. The van der Waals surface area contributed by atoms with Gasteiger partial charge in [-0.25, -0.2) is 4.79 Å². The summed E-state index contributed by atoms with van der Waals surface area (Å²) in [5.74, 6) is 0.362. The van der Waals surface area contributed by atoms with Gasteiger partial charge in [-0.2, -0.15) is 0 Å². The number of carboxylic acid groups (broad SMARTS) is 1. The Hall–Kier alpha value is -0.730. The zero-order valence-electron chi connectivity index (χ0n) is 6.01. The van der Waals surface area contributed by atoms with Gasteiger partial charge in [-0.15, -0.1) is 0 Å². The van der Waals surface area contributed by atoms with E-state index < -0.39 is 6.09 Å². The highest BCUT2D eigenvalue weighted by molar-refractivity contribution is 5.64. The molecule has 0 aliphatic heterocycles. The highest BCUT2D eigenvalue weighted by atomic mass is 16.4. The van der Waals surface area contributed by atoms with Gasteiger partial charge in [0.25, 0.3) is 0 Å². The Kier molecular flexibility index (Phi) is 3.06. The lowest BCUT2D eigenvalue weighted by Crippen LogP contribution is -2.34. The maximum absolute atomic E-state index is 10.0. The fourth-order valence-corrected chi connectivity index (χ4v) is 0.361. The normalized spacial score (nSPS) is 13.3. The predicted octanol–water partition coefficient (Wildman–Crippen LogP) is 1.30. The number of carbonyl (C=O) groups is 1. The number of amides is 1. The van der Waals surface area contributed by atoms with E-state index in [9.17, 15) is 4.79 Å². The van der Waals surface area contributed by atoms with E-state index in [1.807, 2.05) is 20.8 Å². The van der Waals surface area contributed by atoms with Gasteiger partial charge < -0.3 is 10.4 Å². The van der Waals surface area contributed by atoms with Crippen LogP contribution in [-0.4, -0.2) is 17.2 Å². The lowest BCUT2D eigenvalue weighted by atomic mass is 10.1. The monoisotopic (exact) mass is 131 g/mol. The van der Waals surface area contributed by atoms with Crippen LogP contribution in [0.25, 0.3) is 0 Å². The highest BCUT2D eigenvalue weighted by Gasteiger charge is 2.07. The topological polar surface area (TPSA) is 49.3 Å². The lowest BCUT2D eigenvalue weighted by molar-refractivity contribution is 0.187. The van der Waals surface area contributed by atoms with Crippen molar-refractivity contribution in [3.05, 3.63) is 0 Å². The molecule has 0 aromatic heterocycles. The molecule has 0 saturated carbocycles. The van der Waals surface area contributed by atoms with E-state index in [1.165, 1.54) is 0 Å². The van der Waals surface area contributed by atoms with Crippen molar-refractivity contribution in [3.63, 3.8) is 0 Å². The van der Waals surface area contributed by atoms with E-state index in [0.29, 0.717) is 5.92 Å². The first kappa shape index (κ1) is 8.27. The molecule has 0 spiro atoms. The van der Waals surface area contributed by atoms with Gasteiger partial charge in [-0.3, -0.25) is 0 Å². The van der Waals surface area contributed by atoms with E-state index >= 15 is 0 Å². The van der Waals surface area contributed by atoms with E-state index in [4.69, 9.17) is 5.11 Å². The highest BCUT2D eigenvalue weighted by Crippen LogP contribution is 1.98. The lowest BCUT2D eigenvalue weighted by Gasteiger charge is -2.14. The summed E-state index contributed by atoms with van der Waals surface area (Å²) in [5.41, 5.74) is 0. The molecule has 0 bridgehead atoms. The minimum atomic E-state index is -0.948. The molecule has 0 aliphatic rings. The fraction of sp³-hybridized carbons (Fsp3) is 0.833. The molecule has 0 heterocycles. The standard InChI is InChI=1S/C6H13NO2/c1-4(2)5(3)7-6(8)9/h4-5,7H,1-3H3,(H,8,9)/t5-/m0/s1. The van der Waals surface area contributed by atoms with Gasteiger partial charge in [0.15, 0.2) is 0 Å². The summed E-state index contributed by atoms with van der Waals surface area (Å²) in [6.07, 6.45) is -0.948. The van der Waals surface area contributed by atoms with Crippen LogP contribution in [0, 0.1) is 5.92 Å². The molecule has 2 N–H and O–H groups in total. The van der Waals surface area contributed by atoms with Crippen molar-refractivity contribution in [2.75, 3.05) is 0 Å². The van der Waals surface area contributed by atoms with Crippen molar-refractivity contribution >= 4 is 6.09 Å². The Morgan fingerprint density at radius 3 is 2.00 bits per heavy atom. The summed E-state index contributed by atoms with van der Waals surface area (Å²) in [5, 5.41) is 10.6. The third-order valence-electron chi connectivity index (χ3n) is 1.35. The van der Waals surface area contributed by atoms with Crippen LogP contribution in [0.2, 0.25) is 0 Å². The summed E-state index contributed by atoms with van der Waals surface area (Å²) in [6.45, 7) is 5.79. The van der Waals surface area contributed by atoms with Crippen LogP contribution >= 0.6 is 0 Å². The SMILES string of the molecule is CC(C)[C@H](C)NC(=O)O. The third-order valence-corrected chi connectivity index (χ3v) is 1.35. The van der Waals surface area contributed by atoms with Gasteiger partial charge in [-0.05, 0) is 12.8 Å². The quantitative estimate of drug-likeness (QED) is 0.593.